The molecule has 0 bridgehead atoms. The first-order valence-electron chi connectivity index (χ1n) is 8.31. The summed E-state index contributed by atoms with van der Waals surface area (Å²) in [5, 5.41) is 15.9. The maximum Gasteiger partial charge on any atom is 0.274 e. The van der Waals surface area contributed by atoms with Crippen LogP contribution in [0.1, 0.15) is 26.5 Å². The van der Waals surface area contributed by atoms with Gasteiger partial charge in [-0.2, -0.15) is 9.61 Å². The molecule has 11 heteroatoms. The van der Waals surface area contributed by atoms with Crippen LogP contribution in [0.5, 0.6) is 5.75 Å². The third-order valence-electron chi connectivity index (χ3n) is 3.73. The quantitative estimate of drug-likeness (QED) is 0.607. The monoisotopic (exact) mass is 422 g/mol. The summed E-state index contributed by atoms with van der Waals surface area (Å²) in [5.74, 6) is 0.507. The molecule has 148 valence electrons. The van der Waals surface area contributed by atoms with Crippen LogP contribution < -0.4 is 15.6 Å². The second-order valence-electron chi connectivity index (χ2n) is 6.95. The number of rotatable bonds is 5. The van der Waals surface area contributed by atoms with Gasteiger partial charge >= 0.3 is 0 Å². The molecule has 0 aliphatic rings. The largest absolute Gasteiger partial charge is 0.495 e. The molecule has 2 N–H and O–H groups in total. The molecular formula is C17H19ClN6O3S. The van der Waals surface area contributed by atoms with Gasteiger partial charge in [-0.15, -0.1) is 10.2 Å². The van der Waals surface area contributed by atoms with Crippen LogP contribution in [-0.2, 0) is 10.2 Å². The van der Waals surface area contributed by atoms with Crippen LogP contribution in [0.3, 0.4) is 0 Å². The van der Waals surface area contributed by atoms with E-state index in [1.165, 1.54) is 11.6 Å². The van der Waals surface area contributed by atoms with Gasteiger partial charge in [0.05, 0.1) is 18.6 Å². The van der Waals surface area contributed by atoms with Crippen molar-refractivity contribution in [2.45, 2.75) is 31.3 Å². The number of nitrogens with one attached hydrogen (secondary N) is 2. The van der Waals surface area contributed by atoms with Crippen LogP contribution in [0, 0.1) is 0 Å². The van der Waals surface area contributed by atoms with Crippen molar-refractivity contribution >= 4 is 40.7 Å². The Morgan fingerprint density at radius 3 is 2.79 bits per heavy atom. The Hall–Kier alpha value is -2.59. The number of fused-ring (bicyclic) bond motifs is 1. The lowest BCUT2D eigenvalue weighted by atomic mass is 9.93. The van der Waals surface area contributed by atoms with Gasteiger partial charge in [-0.05, 0) is 18.2 Å². The van der Waals surface area contributed by atoms with Gasteiger partial charge in [-0.25, -0.2) is 0 Å². The minimum absolute atomic E-state index is 0.0577. The second-order valence-corrected chi connectivity index (χ2v) is 8.33. The molecule has 3 rings (SSSR count). The third kappa shape index (κ3) is 4.28. The van der Waals surface area contributed by atoms with E-state index >= 15 is 0 Å². The molecule has 0 fully saturated rings. The Kier molecular flexibility index (Phi) is 5.61. The Morgan fingerprint density at radius 2 is 2.11 bits per heavy atom. The van der Waals surface area contributed by atoms with Gasteiger partial charge in [0, 0.05) is 10.4 Å². The van der Waals surface area contributed by atoms with Crippen molar-refractivity contribution in [1.29, 1.82) is 0 Å². The molecule has 2 heterocycles. The fourth-order valence-corrected chi connectivity index (χ4v) is 3.27. The first-order chi connectivity index (χ1) is 13.2. The average molecular weight is 423 g/mol. The Labute approximate surface area is 169 Å². The van der Waals surface area contributed by atoms with Gasteiger partial charge in [-0.1, -0.05) is 44.1 Å². The predicted molar refractivity (Wildman–Crippen MR) is 107 cm³/mol. The van der Waals surface area contributed by atoms with E-state index in [0.717, 1.165) is 11.8 Å². The summed E-state index contributed by atoms with van der Waals surface area (Å²) >= 11 is 7.12. The zero-order valence-corrected chi connectivity index (χ0v) is 17.3. The lowest BCUT2D eigenvalue weighted by Crippen LogP contribution is -2.28. The van der Waals surface area contributed by atoms with E-state index in [4.69, 9.17) is 16.3 Å². The van der Waals surface area contributed by atoms with Crippen molar-refractivity contribution in [2.75, 3.05) is 18.2 Å². The molecule has 0 aliphatic carbocycles. The number of benzene rings is 1. The summed E-state index contributed by atoms with van der Waals surface area (Å²) in [5.41, 5.74) is 0.0720. The summed E-state index contributed by atoms with van der Waals surface area (Å²) in [7, 11) is 1.51. The highest BCUT2D eigenvalue weighted by atomic mass is 35.5. The number of methoxy groups -OCH3 is 1. The number of aromatic nitrogens is 5. The zero-order chi connectivity index (χ0) is 20.5. The van der Waals surface area contributed by atoms with Crippen LogP contribution in [0.2, 0.25) is 5.02 Å². The smallest absolute Gasteiger partial charge is 0.274 e. The number of H-pyrrole nitrogens is 1. The number of ether oxygens (including phenoxy) is 1. The molecule has 0 radical (unpaired) electrons. The van der Waals surface area contributed by atoms with E-state index < -0.39 is 5.41 Å². The average Bonchev–Trinajstić information content (AvgIpc) is 3.00. The molecule has 9 nitrogen and oxygen atoms in total. The highest BCUT2D eigenvalue weighted by Crippen LogP contribution is 2.28. The zero-order valence-electron chi connectivity index (χ0n) is 15.7. The normalized spacial score (nSPS) is 11.6. The van der Waals surface area contributed by atoms with Crippen LogP contribution in [0.4, 0.5) is 5.69 Å². The highest BCUT2D eigenvalue weighted by Gasteiger charge is 2.22. The van der Waals surface area contributed by atoms with Crippen molar-refractivity contribution in [1.82, 2.24) is 24.8 Å². The summed E-state index contributed by atoms with van der Waals surface area (Å²) in [6.45, 7) is 5.66. The van der Waals surface area contributed by atoms with E-state index in [9.17, 15) is 9.59 Å². The molecule has 0 unspecified atom stereocenters. The molecule has 0 saturated carbocycles. The molecule has 3 aromatic rings. The number of carbonyl (C=O) groups excluding carboxylic acids is 1. The van der Waals surface area contributed by atoms with Crippen LogP contribution in [0.25, 0.3) is 5.78 Å². The van der Waals surface area contributed by atoms with E-state index in [0.29, 0.717) is 27.3 Å². The van der Waals surface area contributed by atoms with Crippen LogP contribution in [-0.4, -0.2) is 43.6 Å². The number of amides is 1. The second kappa shape index (κ2) is 7.80. The van der Waals surface area contributed by atoms with E-state index in [2.05, 4.69) is 25.6 Å². The van der Waals surface area contributed by atoms with E-state index in [1.54, 1.807) is 18.2 Å². The number of carbonyl (C=O) groups is 1. The molecule has 28 heavy (non-hydrogen) atoms. The third-order valence-corrected chi connectivity index (χ3v) is 4.89. The van der Waals surface area contributed by atoms with Gasteiger partial charge in [0.15, 0.2) is 0 Å². The molecule has 2 aromatic heterocycles. The number of nitrogens with zero attached hydrogens (tertiary/aromatic N) is 4. The number of anilines is 1. The molecule has 1 aromatic carbocycles. The lowest BCUT2D eigenvalue weighted by molar-refractivity contribution is -0.113. The maximum atomic E-state index is 12.3. The first-order valence-corrected chi connectivity index (χ1v) is 9.68. The fraction of sp³-hybridized carbons (Fsp3) is 0.353. The maximum absolute atomic E-state index is 12.3. The molecule has 0 spiro atoms. The summed E-state index contributed by atoms with van der Waals surface area (Å²) in [4.78, 5) is 27.2. The molecule has 0 saturated heterocycles. The number of aromatic amines is 1. The fourth-order valence-electron chi connectivity index (χ4n) is 2.41. The Bertz CT molecular complexity index is 1090. The topological polar surface area (TPSA) is 114 Å². The van der Waals surface area contributed by atoms with Gasteiger partial charge in [-0.3, -0.25) is 14.6 Å². The van der Waals surface area contributed by atoms with Crippen LogP contribution >= 0.6 is 23.4 Å². The van der Waals surface area contributed by atoms with Gasteiger partial charge in [0.2, 0.25) is 11.1 Å². The number of hydrogen-bond acceptors (Lipinski definition) is 7. The van der Waals surface area contributed by atoms with Crippen molar-refractivity contribution in [3.05, 3.63) is 39.3 Å². The summed E-state index contributed by atoms with van der Waals surface area (Å²) < 4.78 is 6.65. The highest BCUT2D eigenvalue weighted by molar-refractivity contribution is 7.99. The van der Waals surface area contributed by atoms with Gasteiger partial charge in [0.1, 0.15) is 11.4 Å². The van der Waals surface area contributed by atoms with Crippen molar-refractivity contribution in [2.24, 2.45) is 0 Å². The molecule has 0 atom stereocenters. The minimum atomic E-state index is -0.450. The number of halogens is 1. The first kappa shape index (κ1) is 20.2. The lowest BCUT2D eigenvalue weighted by Gasteiger charge is -2.15. The van der Waals surface area contributed by atoms with Crippen LogP contribution in [0.15, 0.2) is 28.2 Å². The Balaban J connectivity index is 1.78. The Morgan fingerprint density at radius 1 is 1.36 bits per heavy atom. The van der Waals surface area contributed by atoms with Crippen molar-refractivity contribution < 1.29 is 9.53 Å². The minimum Gasteiger partial charge on any atom is -0.495 e. The SMILES string of the molecule is COc1ccc(Cl)cc1NC(=O)CSc1nnc2[nH]c(=O)c(C(C)(C)C)nn12. The predicted octanol–water partition coefficient (Wildman–Crippen LogP) is 2.50. The van der Waals surface area contributed by atoms with E-state index in [1.807, 2.05) is 20.8 Å². The molecule has 0 aliphatic heterocycles. The van der Waals surface area contributed by atoms with Gasteiger partial charge in [0.25, 0.3) is 11.3 Å². The molecule has 1 amide bonds. The van der Waals surface area contributed by atoms with Crippen molar-refractivity contribution in [3.63, 3.8) is 0 Å². The molecular weight excluding hydrogens is 404 g/mol. The van der Waals surface area contributed by atoms with E-state index in [-0.39, 0.29) is 23.0 Å². The standard InChI is InChI=1S/C17H19ClN6O3S/c1-17(2,3)13-14(26)20-15-21-22-16(24(15)23-13)28-8-12(25)19-10-7-9(18)5-6-11(10)27-4/h5-7H,8H2,1-4H3,(H,19,25)(H,20,21,26). The number of hydrogen-bond donors (Lipinski definition) is 2. The van der Waals surface area contributed by atoms with Crippen molar-refractivity contribution in [3.8, 4) is 5.75 Å². The summed E-state index contributed by atoms with van der Waals surface area (Å²) in [6, 6.07) is 4.95. The number of thioether (sulfide) groups is 1. The summed E-state index contributed by atoms with van der Waals surface area (Å²) in [6.07, 6.45) is 0. The van der Waals surface area contributed by atoms with Gasteiger partial charge < -0.3 is 10.1 Å².